The first-order valence-corrected chi connectivity index (χ1v) is 11.3. The van der Waals surface area contributed by atoms with E-state index in [0.29, 0.717) is 26.2 Å². The Balaban J connectivity index is 1.33. The maximum Gasteiger partial charge on any atom is 0.416 e. The zero-order valence-electron chi connectivity index (χ0n) is 18.5. The number of likely N-dealkylation sites (tertiary alicyclic amines) is 1. The molecule has 0 spiro atoms. The maximum absolute atomic E-state index is 12.7. The molecule has 0 bridgehead atoms. The van der Waals surface area contributed by atoms with Crippen LogP contribution in [0.5, 0.6) is 0 Å². The van der Waals surface area contributed by atoms with E-state index < -0.39 is 23.9 Å². The normalized spacial score (nSPS) is 21.9. The number of rotatable bonds is 10. The Morgan fingerprint density at radius 3 is 2.12 bits per heavy atom. The van der Waals surface area contributed by atoms with Gasteiger partial charge >= 0.3 is 6.18 Å². The van der Waals surface area contributed by atoms with E-state index in [-0.39, 0.29) is 12.6 Å². The number of aliphatic hydroxyl groups is 3. The maximum atomic E-state index is 12.7. The van der Waals surface area contributed by atoms with Gasteiger partial charge in [0.25, 0.3) is 0 Å². The second kappa shape index (κ2) is 11.9. The fourth-order valence-corrected chi connectivity index (χ4v) is 4.09. The van der Waals surface area contributed by atoms with Crippen molar-refractivity contribution < 1.29 is 33.2 Å². The van der Waals surface area contributed by atoms with Gasteiger partial charge in [0.2, 0.25) is 0 Å². The highest BCUT2D eigenvalue weighted by molar-refractivity contribution is 5.64. The number of unbranched alkanes of at least 4 members (excludes halogenated alkanes) is 2. The SMILES string of the molecule is OC[C@H]1CC(O)[C@@H](O)CN1CCCCCOCc1ccc(-c2ccc(C(F)(F)F)cc2)cc1. The van der Waals surface area contributed by atoms with Crippen molar-refractivity contribution in [2.75, 3.05) is 26.3 Å². The van der Waals surface area contributed by atoms with Crippen molar-refractivity contribution in [1.82, 2.24) is 4.90 Å². The topological polar surface area (TPSA) is 73.2 Å². The first kappa shape index (κ1) is 25.6. The van der Waals surface area contributed by atoms with Crippen LogP contribution in [0, 0.1) is 0 Å². The molecule has 3 rings (SSSR count). The van der Waals surface area contributed by atoms with Crippen LogP contribution in [0.3, 0.4) is 0 Å². The molecule has 8 heteroatoms. The third kappa shape index (κ3) is 7.52. The molecule has 2 aromatic rings. The van der Waals surface area contributed by atoms with Crippen molar-refractivity contribution in [3.63, 3.8) is 0 Å². The second-order valence-electron chi connectivity index (χ2n) is 8.59. The highest BCUT2D eigenvalue weighted by atomic mass is 19.4. The second-order valence-corrected chi connectivity index (χ2v) is 8.59. The van der Waals surface area contributed by atoms with Gasteiger partial charge in [0.05, 0.1) is 31.0 Å². The van der Waals surface area contributed by atoms with Crippen LogP contribution in [0.25, 0.3) is 11.1 Å². The molecule has 1 saturated heterocycles. The summed E-state index contributed by atoms with van der Waals surface area (Å²) in [7, 11) is 0. The number of aliphatic hydroxyl groups excluding tert-OH is 3. The summed E-state index contributed by atoms with van der Waals surface area (Å²) in [6.45, 7) is 2.21. The summed E-state index contributed by atoms with van der Waals surface area (Å²) in [5.74, 6) is 0. The zero-order valence-corrected chi connectivity index (χ0v) is 18.5. The minimum Gasteiger partial charge on any atom is -0.395 e. The highest BCUT2D eigenvalue weighted by Gasteiger charge is 2.32. The summed E-state index contributed by atoms with van der Waals surface area (Å²) < 4.78 is 43.8. The summed E-state index contributed by atoms with van der Waals surface area (Å²) in [6, 6.07) is 12.6. The molecule has 2 aromatic carbocycles. The molecule has 3 atom stereocenters. The van der Waals surface area contributed by atoms with Crippen LogP contribution < -0.4 is 0 Å². The minimum atomic E-state index is -4.33. The summed E-state index contributed by atoms with van der Waals surface area (Å²) in [5, 5.41) is 29.0. The van der Waals surface area contributed by atoms with E-state index in [1.807, 2.05) is 29.2 Å². The first-order chi connectivity index (χ1) is 15.8. The molecule has 0 aromatic heterocycles. The summed E-state index contributed by atoms with van der Waals surface area (Å²) in [5.41, 5.74) is 1.92. The average Bonchev–Trinajstić information content (AvgIpc) is 2.80. The predicted molar refractivity (Wildman–Crippen MR) is 119 cm³/mol. The Morgan fingerprint density at radius 1 is 0.879 bits per heavy atom. The third-order valence-corrected chi connectivity index (χ3v) is 6.11. The van der Waals surface area contributed by atoms with Gasteiger partial charge in [-0.1, -0.05) is 36.4 Å². The Bertz CT molecular complexity index is 842. The van der Waals surface area contributed by atoms with Crippen molar-refractivity contribution in [2.24, 2.45) is 0 Å². The van der Waals surface area contributed by atoms with Crippen LogP contribution in [0.4, 0.5) is 13.2 Å². The average molecular weight is 468 g/mol. The molecule has 33 heavy (non-hydrogen) atoms. The van der Waals surface area contributed by atoms with Crippen molar-refractivity contribution in [2.45, 2.75) is 56.7 Å². The van der Waals surface area contributed by atoms with Gasteiger partial charge < -0.3 is 20.1 Å². The molecule has 1 aliphatic heterocycles. The Labute approximate surface area is 192 Å². The third-order valence-electron chi connectivity index (χ3n) is 6.11. The Kier molecular flexibility index (Phi) is 9.28. The number of hydrogen-bond acceptors (Lipinski definition) is 5. The van der Waals surface area contributed by atoms with Crippen LogP contribution in [-0.2, 0) is 17.5 Å². The number of benzene rings is 2. The number of halogens is 3. The fraction of sp³-hybridized carbons (Fsp3) is 0.520. The lowest BCUT2D eigenvalue weighted by atomic mass is 9.97. The monoisotopic (exact) mass is 467 g/mol. The minimum absolute atomic E-state index is 0.0233. The molecule has 182 valence electrons. The van der Waals surface area contributed by atoms with Gasteiger partial charge in [-0.05, 0) is 61.1 Å². The van der Waals surface area contributed by atoms with Crippen molar-refractivity contribution >= 4 is 0 Å². The van der Waals surface area contributed by atoms with Crippen LogP contribution in [-0.4, -0.2) is 64.8 Å². The molecule has 0 saturated carbocycles. The molecular formula is C25H32F3NO4. The van der Waals surface area contributed by atoms with Crippen LogP contribution in [0.2, 0.25) is 0 Å². The van der Waals surface area contributed by atoms with Crippen molar-refractivity contribution in [3.8, 4) is 11.1 Å². The molecule has 3 N–H and O–H groups in total. The quantitative estimate of drug-likeness (QED) is 0.463. The largest absolute Gasteiger partial charge is 0.416 e. The number of nitrogens with zero attached hydrogens (tertiary/aromatic N) is 1. The van der Waals surface area contributed by atoms with Crippen molar-refractivity contribution in [3.05, 3.63) is 59.7 Å². The van der Waals surface area contributed by atoms with Gasteiger partial charge in [0.1, 0.15) is 0 Å². The zero-order chi connectivity index (χ0) is 23.8. The lowest BCUT2D eigenvalue weighted by Crippen LogP contribution is -2.53. The molecule has 1 fully saturated rings. The van der Waals surface area contributed by atoms with Gasteiger partial charge in [-0.25, -0.2) is 0 Å². The molecule has 1 unspecified atom stereocenters. The van der Waals surface area contributed by atoms with E-state index in [4.69, 9.17) is 4.74 Å². The number of ether oxygens (including phenoxy) is 1. The Hall–Kier alpha value is -1.97. The van der Waals surface area contributed by atoms with Crippen molar-refractivity contribution in [1.29, 1.82) is 0 Å². The lowest BCUT2D eigenvalue weighted by molar-refractivity contribution is -0.137. The van der Waals surface area contributed by atoms with E-state index in [1.165, 1.54) is 12.1 Å². The van der Waals surface area contributed by atoms with Gasteiger partial charge in [-0.15, -0.1) is 0 Å². The molecule has 0 amide bonds. The van der Waals surface area contributed by atoms with Gasteiger partial charge in [0, 0.05) is 19.2 Å². The van der Waals surface area contributed by atoms with E-state index in [9.17, 15) is 28.5 Å². The number of piperidine rings is 1. The molecule has 1 aliphatic rings. The highest BCUT2D eigenvalue weighted by Crippen LogP contribution is 2.31. The molecule has 0 radical (unpaired) electrons. The molecule has 5 nitrogen and oxygen atoms in total. The van der Waals surface area contributed by atoms with Crippen LogP contribution >= 0.6 is 0 Å². The summed E-state index contributed by atoms with van der Waals surface area (Å²) >= 11 is 0. The first-order valence-electron chi connectivity index (χ1n) is 11.3. The van der Waals surface area contributed by atoms with Gasteiger partial charge in [-0.3, -0.25) is 4.90 Å². The smallest absolute Gasteiger partial charge is 0.395 e. The molecule has 1 heterocycles. The van der Waals surface area contributed by atoms with E-state index >= 15 is 0 Å². The Morgan fingerprint density at radius 2 is 1.52 bits per heavy atom. The summed E-state index contributed by atoms with van der Waals surface area (Å²) in [6.07, 6.45) is -2.70. The van der Waals surface area contributed by atoms with E-state index in [2.05, 4.69) is 0 Å². The van der Waals surface area contributed by atoms with E-state index in [1.54, 1.807) is 0 Å². The van der Waals surface area contributed by atoms with Crippen LogP contribution in [0.15, 0.2) is 48.5 Å². The number of β-amino-alcohol motifs (C(OH)–C–C–N with tert-alkyl or cyclic N) is 1. The van der Waals surface area contributed by atoms with Gasteiger partial charge in [-0.2, -0.15) is 13.2 Å². The van der Waals surface area contributed by atoms with Crippen LogP contribution in [0.1, 0.15) is 36.8 Å². The number of hydrogen-bond donors (Lipinski definition) is 3. The lowest BCUT2D eigenvalue weighted by Gasteiger charge is -2.39. The molecular weight excluding hydrogens is 435 g/mol. The number of alkyl halides is 3. The standard InChI is InChI=1S/C25H32F3NO4/c26-25(27,28)21-10-8-20(9-11-21)19-6-4-18(5-7-19)17-33-13-3-1-2-12-29-15-24(32)23(31)14-22(29)16-30/h4-11,22-24,30-32H,1-3,12-17H2/t22-,23?,24+/m1/s1. The molecule has 0 aliphatic carbocycles. The fourth-order valence-electron chi connectivity index (χ4n) is 4.09. The predicted octanol–water partition coefficient (Wildman–Crippen LogP) is 3.85. The van der Waals surface area contributed by atoms with E-state index in [0.717, 1.165) is 54.6 Å². The summed E-state index contributed by atoms with van der Waals surface area (Å²) in [4.78, 5) is 2.04. The van der Waals surface area contributed by atoms with Gasteiger partial charge in [0.15, 0.2) is 0 Å².